The number of nitrogens with zero attached hydrogens (tertiary/aromatic N) is 2. The number of hydrogen-bond acceptors (Lipinski definition) is 6. The van der Waals surface area contributed by atoms with Gasteiger partial charge in [0.1, 0.15) is 18.5 Å². The summed E-state index contributed by atoms with van der Waals surface area (Å²) in [5.41, 5.74) is 2.45. The normalized spacial score (nSPS) is 20.0. The Labute approximate surface area is 243 Å². The molecule has 0 saturated carbocycles. The summed E-state index contributed by atoms with van der Waals surface area (Å²) in [6.45, 7) is 0.773. The van der Waals surface area contributed by atoms with E-state index in [9.17, 15) is 14.4 Å². The van der Waals surface area contributed by atoms with E-state index in [2.05, 4.69) is 20.9 Å². The number of anilines is 2. The molecule has 41 heavy (non-hydrogen) atoms. The number of likely N-dealkylation sites (N-methyl/N-ethyl adjacent to an activating group) is 1. The summed E-state index contributed by atoms with van der Waals surface area (Å²) < 4.78 is 12.3. The van der Waals surface area contributed by atoms with Crippen molar-refractivity contribution in [3.8, 4) is 5.75 Å². The molecule has 3 aromatic rings. The topological polar surface area (TPSA) is 122 Å². The third-order valence-electron chi connectivity index (χ3n) is 7.25. The summed E-state index contributed by atoms with van der Waals surface area (Å²) in [6, 6.07) is 14.9. The maximum Gasteiger partial charge on any atom is 0.323 e. The van der Waals surface area contributed by atoms with Crippen LogP contribution in [0, 0.1) is 0 Å². The lowest BCUT2D eigenvalue weighted by Gasteiger charge is -2.42. The van der Waals surface area contributed by atoms with E-state index in [0.29, 0.717) is 47.1 Å². The Balaban J connectivity index is 1.17. The van der Waals surface area contributed by atoms with Crippen molar-refractivity contribution in [1.82, 2.24) is 15.2 Å². The van der Waals surface area contributed by atoms with Gasteiger partial charge in [-0.2, -0.15) is 0 Å². The summed E-state index contributed by atoms with van der Waals surface area (Å²) >= 11 is 5.99. The average Bonchev–Trinajstić information content (AvgIpc) is 2.96. The van der Waals surface area contributed by atoms with Gasteiger partial charge < -0.3 is 30.3 Å². The molecule has 2 aromatic carbocycles. The minimum Gasteiger partial charge on any atom is -0.490 e. The fraction of sp³-hybridized carbons (Fsp3) is 0.333. The van der Waals surface area contributed by atoms with Crippen LogP contribution in [0.2, 0.25) is 5.02 Å². The number of hydrogen-bond donors (Lipinski definition) is 3. The van der Waals surface area contributed by atoms with E-state index in [-0.39, 0.29) is 43.1 Å². The van der Waals surface area contributed by atoms with Crippen LogP contribution in [0.1, 0.15) is 35.2 Å². The predicted molar refractivity (Wildman–Crippen MR) is 155 cm³/mol. The lowest BCUT2D eigenvalue weighted by molar-refractivity contribution is -0.134. The standard InChI is InChI=1S/C30H32ClN5O5/c1-36-25-7-6-23(17-28(37)33-14-11-19-9-12-32-13-10-19)41-27(25)18-40-26-8-5-22(16-24(26)29(36)38)35-30(39)34-21-4-2-3-20(31)15-21/h2-5,8-10,12-13,15-16,23,25,27H,6-7,11,14,17-18H2,1H3,(H,33,37)(H2,34,35,39)/t23-,25-,27+/m1/s1. The predicted octanol–water partition coefficient (Wildman–Crippen LogP) is 4.51. The molecule has 3 atom stereocenters. The van der Waals surface area contributed by atoms with E-state index >= 15 is 0 Å². The highest BCUT2D eigenvalue weighted by molar-refractivity contribution is 6.30. The summed E-state index contributed by atoms with van der Waals surface area (Å²) in [5, 5.41) is 8.94. The van der Waals surface area contributed by atoms with E-state index in [1.807, 2.05) is 12.1 Å². The van der Waals surface area contributed by atoms with Gasteiger partial charge in [-0.15, -0.1) is 0 Å². The molecular formula is C30H32ClN5O5. The number of pyridine rings is 1. The van der Waals surface area contributed by atoms with Crippen LogP contribution in [-0.2, 0) is 16.0 Å². The molecule has 11 heteroatoms. The first-order chi connectivity index (χ1) is 19.9. The van der Waals surface area contributed by atoms with E-state index in [1.165, 1.54) is 0 Å². The number of fused-ring (bicyclic) bond motifs is 2. The second-order valence-corrected chi connectivity index (χ2v) is 10.6. The van der Waals surface area contributed by atoms with Gasteiger partial charge in [0.15, 0.2) is 0 Å². The van der Waals surface area contributed by atoms with Crippen molar-refractivity contribution in [2.45, 2.75) is 43.9 Å². The van der Waals surface area contributed by atoms with Gasteiger partial charge in [0.2, 0.25) is 5.91 Å². The van der Waals surface area contributed by atoms with E-state index in [4.69, 9.17) is 21.1 Å². The number of carbonyl (C=O) groups is 3. The van der Waals surface area contributed by atoms with Crippen LogP contribution in [0.25, 0.3) is 0 Å². The third-order valence-corrected chi connectivity index (χ3v) is 7.49. The fourth-order valence-corrected chi connectivity index (χ4v) is 5.33. The monoisotopic (exact) mass is 577 g/mol. The first-order valence-corrected chi connectivity index (χ1v) is 13.9. The zero-order chi connectivity index (χ0) is 28.8. The molecule has 3 N–H and O–H groups in total. The maximum atomic E-state index is 13.5. The van der Waals surface area contributed by atoms with Gasteiger partial charge in [-0.1, -0.05) is 17.7 Å². The van der Waals surface area contributed by atoms with Crippen LogP contribution in [0.15, 0.2) is 67.0 Å². The molecule has 2 aliphatic heterocycles. The van der Waals surface area contributed by atoms with Crippen molar-refractivity contribution in [3.63, 3.8) is 0 Å². The quantitative estimate of drug-likeness (QED) is 0.380. The SMILES string of the molecule is CN1C(=O)c2cc(NC(=O)Nc3cccc(Cl)c3)ccc2OC[C@@H]2O[C@@H](CC(=O)NCCc3ccncc3)CC[C@H]21. The molecular weight excluding hydrogens is 546 g/mol. The molecule has 1 aromatic heterocycles. The molecule has 1 fully saturated rings. The molecule has 214 valence electrons. The summed E-state index contributed by atoms with van der Waals surface area (Å²) in [4.78, 5) is 44.2. The van der Waals surface area contributed by atoms with Crippen LogP contribution in [0.4, 0.5) is 16.2 Å². The Morgan fingerprint density at radius 1 is 1.05 bits per heavy atom. The first kappa shape index (κ1) is 28.4. The molecule has 0 aliphatic carbocycles. The van der Waals surface area contributed by atoms with Gasteiger partial charge in [0.25, 0.3) is 5.91 Å². The summed E-state index contributed by atoms with van der Waals surface area (Å²) in [5.74, 6) is 0.105. The highest BCUT2D eigenvalue weighted by Crippen LogP contribution is 2.32. The number of ether oxygens (including phenoxy) is 2. The number of carbonyl (C=O) groups excluding carboxylic acids is 3. The molecule has 0 spiro atoms. The van der Waals surface area contributed by atoms with Gasteiger partial charge in [-0.3, -0.25) is 14.6 Å². The molecule has 4 amide bonds. The highest BCUT2D eigenvalue weighted by Gasteiger charge is 2.39. The third kappa shape index (κ3) is 7.33. The van der Waals surface area contributed by atoms with Gasteiger partial charge in [-0.05, 0) is 73.4 Å². The van der Waals surface area contributed by atoms with Gasteiger partial charge in [0, 0.05) is 42.4 Å². The van der Waals surface area contributed by atoms with Crippen molar-refractivity contribution in [3.05, 3.63) is 83.1 Å². The van der Waals surface area contributed by atoms with Crippen molar-refractivity contribution in [1.29, 1.82) is 0 Å². The first-order valence-electron chi connectivity index (χ1n) is 13.5. The Morgan fingerprint density at radius 3 is 2.61 bits per heavy atom. The van der Waals surface area contributed by atoms with Gasteiger partial charge in [0.05, 0.1) is 24.1 Å². The fourth-order valence-electron chi connectivity index (χ4n) is 5.14. The molecule has 0 unspecified atom stereocenters. The second-order valence-electron chi connectivity index (χ2n) is 10.1. The summed E-state index contributed by atoms with van der Waals surface area (Å²) in [6.07, 6.45) is 5.15. The minimum atomic E-state index is -0.465. The number of halogens is 1. The molecule has 2 aliphatic rings. The van der Waals surface area contributed by atoms with Crippen molar-refractivity contribution < 1.29 is 23.9 Å². The zero-order valence-corrected chi connectivity index (χ0v) is 23.4. The molecule has 10 nitrogen and oxygen atoms in total. The van der Waals surface area contributed by atoms with Crippen LogP contribution < -0.4 is 20.7 Å². The number of rotatable bonds is 7. The lowest BCUT2D eigenvalue weighted by atomic mass is 9.94. The molecule has 0 bridgehead atoms. The smallest absolute Gasteiger partial charge is 0.323 e. The van der Waals surface area contributed by atoms with Crippen LogP contribution in [0.5, 0.6) is 5.75 Å². The van der Waals surface area contributed by atoms with Gasteiger partial charge in [-0.25, -0.2) is 4.79 Å². The molecule has 0 radical (unpaired) electrons. The van der Waals surface area contributed by atoms with Crippen molar-refractivity contribution in [2.75, 3.05) is 30.8 Å². The Morgan fingerprint density at radius 2 is 1.83 bits per heavy atom. The highest BCUT2D eigenvalue weighted by atomic mass is 35.5. The van der Waals surface area contributed by atoms with Crippen LogP contribution in [0.3, 0.4) is 0 Å². The average molecular weight is 578 g/mol. The van der Waals surface area contributed by atoms with Crippen LogP contribution >= 0.6 is 11.6 Å². The molecule has 5 rings (SSSR count). The summed E-state index contributed by atoms with van der Waals surface area (Å²) in [7, 11) is 1.75. The van der Waals surface area contributed by atoms with Crippen LogP contribution in [-0.4, -0.2) is 66.2 Å². The van der Waals surface area contributed by atoms with Crippen molar-refractivity contribution >= 4 is 40.8 Å². The second kappa shape index (κ2) is 13.0. The minimum absolute atomic E-state index is 0.0662. The van der Waals surface area contributed by atoms with E-state index < -0.39 is 6.03 Å². The number of urea groups is 1. The maximum absolute atomic E-state index is 13.5. The van der Waals surface area contributed by atoms with E-state index in [1.54, 1.807) is 66.8 Å². The number of aromatic nitrogens is 1. The Hall–Kier alpha value is -4.15. The van der Waals surface area contributed by atoms with Gasteiger partial charge >= 0.3 is 6.03 Å². The van der Waals surface area contributed by atoms with Crippen molar-refractivity contribution in [2.24, 2.45) is 0 Å². The number of nitrogens with one attached hydrogen (secondary N) is 3. The Bertz CT molecular complexity index is 1410. The van der Waals surface area contributed by atoms with E-state index in [0.717, 1.165) is 12.0 Å². The zero-order valence-electron chi connectivity index (χ0n) is 22.6. The number of amides is 4. The Kier molecular flexibility index (Phi) is 9.01. The lowest BCUT2D eigenvalue weighted by Crippen LogP contribution is -2.54. The molecule has 1 saturated heterocycles. The largest absolute Gasteiger partial charge is 0.490 e. The number of benzene rings is 2. The molecule has 3 heterocycles.